The van der Waals surface area contributed by atoms with Crippen molar-refractivity contribution < 1.29 is 0 Å². The van der Waals surface area contributed by atoms with Crippen molar-refractivity contribution in [1.82, 2.24) is 4.90 Å². The molecule has 1 aliphatic heterocycles. The van der Waals surface area contributed by atoms with E-state index in [1.807, 2.05) is 0 Å². The van der Waals surface area contributed by atoms with Crippen molar-refractivity contribution in [3.05, 3.63) is 19.8 Å². The quantitative estimate of drug-likeness (QED) is 0.924. The van der Waals surface area contributed by atoms with Gasteiger partial charge in [-0.05, 0) is 60.4 Å². The largest absolute Gasteiger partial charge is 0.330 e. The van der Waals surface area contributed by atoms with E-state index in [4.69, 9.17) is 17.3 Å². The standard InChI is InChI=1S/C11H16BrClN2S/c12-10-5-9(16-11(10)13)7-15-3-1-8(6-14)2-4-15/h5,8H,1-4,6-7,14H2. The molecular weight excluding hydrogens is 308 g/mol. The molecule has 0 bridgehead atoms. The molecular formula is C11H16BrClN2S. The molecule has 2 heterocycles. The van der Waals surface area contributed by atoms with Crippen LogP contribution in [0, 0.1) is 5.92 Å². The minimum atomic E-state index is 0.731. The summed E-state index contributed by atoms with van der Waals surface area (Å²) in [6.45, 7) is 4.18. The summed E-state index contributed by atoms with van der Waals surface area (Å²) in [6.07, 6.45) is 2.47. The maximum absolute atomic E-state index is 6.03. The molecule has 0 aliphatic carbocycles. The third-order valence-electron chi connectivity index (χ3n) is 3.12. The lowest BCUT2D eigenvalue weighted by Crippen LogP contribution is -2.35. The van der Waals surface area contributed by atoms with Gasteiger partial charge < -0.3 is 5.73 Å². The Morgan fingerprint density at radius 2 is 2.19 bits per heavy atom. The first kappa shape index (κ1) is 12.8. The second-order valence-corrected chi connectivity index (χ2v) is 6.88. The van der Waals surface area contributed by atoms with Gasteiger partial charge in [-0.25, -0.2) is 0 Å². The van der Waals surface area contributed by atoms with Gasteiger partial charge in [0.15, 0.2) is 0 Å². The van der Waals surface area contributed by atoms with E-state index in [1.54, 1.807) is 11.3 Å². The van der Waals surface area contributed by atoms with Crippen molar-refractivity contribution in [3.63, 3.8) is 0 Å². The molecule has 1 aromatic heterocycles. The molecule has 90 valence electrons. The van der Waals surface area contributed by atoms with Gasteiger partial charge in [0, 0.05) is 15.9 Å². The first-order valence-corrected chi connectivity index (χ1v) is 7.54. The van der Waals surface area contributed by atoms with Gasteiger partial charge in [0.05, 0.1) is 0 Å². The van der Waals surface area contributed by atoms with E-state index in [9.17, 15) is 0 Å². The molecule has 0 unspecified atom stereocenters. The molecule has 0 saturated carbocycles. The summed E-state index contributed by atoms with van der Waals surface area (Å²) in [5, 5.41) is 0. The molecule has 16 heavy (non-hydrogen) atoms. The first-order valence-electron chi connectivity index (χ1n) is 5.55. The Morgan fingerprint density at radius 1 is 1.50 bits per heavy atom. The van der Waals surface area contributed by atoms with Crippen LogP contribution in [-0.2, 0) is 6.54 Å². The molecule has 1 aromatic rings. The lowest BCUT2D eigenvalue weighted by molar-refractivity contribution is 0.182. The molecule has 5 heteroatoms. The van der Waals surface area contributed by atoms with E-state index in [0.29, 0.717) is 0 Å². The van der Waals surface area contributed by atoms with Crippen molar-refractivity contribution in [2.45, 2.75) is 19.4 Å². The van der Waals surface area contributed by atoms with Crippen LogP contribution in [0.25, 0.3) is 0 Å². The van der Waals surface area contributed by atoms with Crippen LogP contribution in [0.2, 0.25) is 4.34 Å². The van der Waals surface area contributed by atoms with E-state index < -0.39 is 0 Å². The predicted molar refractivity (Wildman–Crippen MR) is 74.1 cm³/mol. The Labute approximate surface area is 114 Å². The number of nitrogens with zero attached hydrogens (tertiary/aromatic N) is 1. The van der Waals surface area contributed by atoms with Crippen LogP contribution in [0.5, 0.6) is 0 Å². The van der Waals surface area contributed by atoms with Gasteiger partial charge in [-0.1, -0.05) is 11.6 Å². The summed E-state index contributed by atoms with van der Waals surface area (Å²) in [4.78, 5) is 3.82. The maximum atomic E-state index is 6.03. The van der Waals surface area contributed by atoms with Crippen molar-refractivity contribution in [2.75, 3.05) is 19.6 Å². The molecule has 2 rings (SSSR count). The van der Waals surface area contributed by atoms with Crippen molar-refractivity contribution in [1.29, 1.82) is 0 Å². The average molecular weight is 324 g/mol. The predicted octanol–water partition coefficient (Wildman–Crippen LogP) is 3.33. The number of rotatable bonds is 3. The number of halogens is 2. The zero-order valence-electron chi connectivity index (χ0n) is 9.09. The summed E-state index contributed by atoms with van der Waals surface area (Å²) >= 11 is 11.1. The second kappa shape index (κ2) is 5.83. The molecule has 0 spiro atoms. The Bertz CT molecular complexity index is 328. The second-order valence-electron chi connectivity index (χ2n) is 4.29. The highest BCUT2D eigenvalue weighted by Gasteiger charge is 2.18. The number of hydrogen-bond acceptors (Lipinski definition) is 3. The summed E-state index contributed by atoms with van der Waals surface area (Å²) in [7, 11) is 0. The molecule has 1 fully saturated rings. The van der Waals surface area contributed by atoms with Crippen LogP contribution in [0.15, 0.2) is 10.5 Å². The van der Waals surface area contributed by atoms with Crippen LogP contribution < -0.4 is 5.73 Å². The summed E-state index contributed by atoms with van der Waals surface area (Å²) < 4.78 is 1.87. The highest BCUT2D eigenvalue weighted by molar-refractivity contribution is 9.10. The highest BCUT2D eigenvalue weighted by Crippen LogP contribution is 2.33. The maximum Gasteiger partial charge on any atom is 0.107 e. The molecule has 1 saturated heterocycles. The fourth-order valence-corrected chi connectivity index (χ4v) is 3.90. The Balaban J connectivity index is 1.87. The zero-order valence-corrected chi connectivity index (χ0v) is 12.2. The molecule has 0 aromatic carbocycles. The first-order chi connectivity index (χ1) is 7.69. The van der Waals surface area contributed by atoms with Crippen LogP contribution in [0.1, 0.15) is 17.7 Å². The smallest absolute Gasteiger partial charge is 0.107 e. The van der Waals surface area contributed by atoms with Gasteiger partial charge >= 0.3 is 0 Å². The van der Waals surface area contributed by atoms with Gasteiger partial charge in [0.2, 0.25) is 0 Å². The van der Waals surface area contributed by atoms with Crippen molar-refractivity contribution in [2.24, 2.45) is 11.7 Å². The third-order valence-corrected chi connectivity index (χ3v) is 5.58. The number of hydrogen-bond donors (Lipinski definition) is 1. The van der Waals surface area contributed by atoms with Crippen molar-refractivity contribution in [3.8, 4) is 0 Å². The number of piperidine rings is 1. The van der Waals surface area contributed by atoms with Gasteiger partial charge in [-0.15, -0.1) is 11.3 Å². The lowest BCUT2D eigenvalue weighted by Gasteiger charge is -2.30. The minimum Gasteiger partial charge on any atom is -0.330 e. The molecule has 0 amide bonds. The van der Waals surface area contributed by atoms with E-state index in [1.165, 1.54) is 17.7 Å². The minimum absolute atomic E-state index is 0.731. The fraction of sp³-hybridized carbons (Fsp3) is 0.636. The van der Waals surface area contributed by atoms with E-state index in [-0.39, 0.29) is 0 Å². The normalized spacial score (nSPS) is 19.2. The topological polar surface area (TPSA) is 29.3 Å². The van der Waals surface area contributed by atoms with Gasteiger partial charge in [0.25, 0.3) is 0 Å². The average Bonchev–Trinajstić information content (AvgIpc) is 2.59. The van der Waals surface area contributed by atoms with Gasteiger partial charge in [-0.3, -0.25) is 4.90 Å². The molecule has 0 radical (unpaired) electrons. The number of thiophene rings is 1. The van der Waals surface area contributed by atoms with Crippen molar-refractivity contribution >= 4 is 38.9 Å². The van der Waals surface area contributed by atoms with Gasteiger partial charge in [-0.2, -0.15) is 0 Å². The molecule has 2 N–H and O–H groups in total. The van der Waals surface area contributed by atoms with E-state index in [0.717, 1.165) is 40.9 Å². The van der Waals surface area contributed by atoms with Crippen LogP contribution >= 0.6 is 38.9 Å². The van der Waals surface area contributed by atoms with Gasteiger partial charge in [0.1, 0.15) is 4.34 Å². The molecule has 0 atom stereocenters. The summed E-state index contributed by atoms with van der Waals surface area (Å²) in [5.41, 5.74) is 5.68. The highest BCUT2D eigenvalue weighted by atomic mass is 79.9. The molecule has 1 aliphatic rings. The Kier molecular flexibility index (Phi) is 4.67. The summed E-state index contributed by atoms with van der Waals surface area (Å²) in [5.74, 6) is 0.731. The van der Waals surface area contributed by atoms with Crippen LogP contribution in [-0.4, -0.2) is 24.5 Å². The fourth-order valence-electron chi connectivity index (χ4n) is 2.07. The Morgan fingerprint density at radius 3 is 2.69 bits per heavy atom. The Hall–Kier alpha value is 0.390. The molecule has 2 nitrogen and oxygen atoms in total. The lowest BCUT2D eigenvalue weighted by atomic mass is 9.97. The third kappa shape index (κ3) is 3.20. The monoisotopic (exact) mass is 322 g/mol. The number of nitrogens with two attached hydrogens (primary N) is 1. The van der Waals surface area contributed by atoms with E-state index in [2.05, 4.69) is 26.9 Å². The van der Waals surface area contributed by atoms with Crippen LogP contribution in [0.4, 0.5) is 0 Å². The zero-order chi connectivity index (χ0) is 11.5. The SMILES string of the molecule is NCC1CCN(Cc2cc(Br)c(Cl)s2)CC1. The number of likely N-dealkylation sites (tertiary alicyclic amines) is 1. The van der Waals surface area contributed by atoms with Crippen LogP contribution in [0.3, 0.4) is 0 Å². The summed E-state index contributed by atoms with van der Waals surface area (Å²) in [6, 6.07) is 2.13. The van der Waals surface area contributed by atoms with E-state index >= 15 is 0 Å².